The summed E-state index contributed by atoms with van der Waals surface area (Å²) in [5.41, 5.74) is 1.11. The van der Waals surface area contributed by atoms with Gasteiger partial charge in [0.25, 0.3) is 0 Å². The van der Waals surface area contributed by atoms with E-state index >= 15 is 0 Å². The molecule has 24 heavy (non-hydrogen) atoms. The fourth-order valence-electron chi connectivity index (χ4n) is 2.65. The number of fused-ring (bicyclic) bond motifs is 1. The Kier molecular flexibility index (Phi) is 7.18. The first-order chi connectivity index (χ1) is 11.6. The highest BCUT2D eigenvalue weighted by atomic mass is 16.7. The summed E-state index contributed by atoms with van der Waals surface area (Å²) in [5.74, 6) is 2.45. The van der Waals surface area contributed by atoms with E-state index in [2.05, 4.69) is 48.2 Å². The number of likely N-dealkylation sites (N-methyl/N-ethyl adjacent to an activating group) is 1. The van der Waals surface area contributed by atoms with Crippen LogP contribution in [0.15, 0.2) is 23.2 Å². The molecule has 0 fully saturated rings. The summed E-state index contributed by atoms with van der Waals surface area (Å²) in [6.45, 7) is 13.4. The molecular formula is C18H30N4O2. The lowest BCUT2D eigenvalue weighted by molar-refractivity contribution is 0.174. The third-order valence-electron chi connectivity index (χ3n) is 4.03. The number of rotatable bonds is 8. The summed E-state index contributed by atoms with van der Waals surface area (Å²) < 4.78 is 10.7. The normalized spacial score (nSPS) is 13.7. The molecule has 0 spiro atoms. The van der Waals surface area contributed by atoms with Gasteiger partial charge >= 0.3 is 0 Å². The van der Waals surface area contributed by atoms with Crippen LogP contribution in [-0.2, 0) is 6.54 Å². The highest BCUT2D eigenvalue weighted by Gasteiger charge is 2.13. The number of hydrogen-bond donors (Lipinski definition) is 2. The van der Waals surface area contributed by atoms with Gasteiger partial charge < -0.3 is 20.1 Å². The van der Waals surface area contributed by atoms with E-state index < -0.39 is 0 Å². The second kappa shape index (κ2) is 9.37. The standard InChI is InChI=1S/C18H30N4O2/c1-5-19-18(20-9-10-22(6-2)14(3)4)21-12-15-7-8-16-17(11-15)24-13-23-16/h7-8,11,14H,5-6,9-10,12-13H2,1-4H3,(H2,19,20,21). The average molecular weight is 334 g/mol. The third-order valence-corrected chi connectivity index (χ3v) is 4.03. The summed E-state index contributed by atoms with van der Waals surface area (Å²) in [6, 6.07) is 6.52. The van der Waals surface area contributed by atoms with Gasteiger partial charge in [0.15, 0.2) is 17.5 Å². The van der Waals surface area contributed by atoms with Gasteiger partial charge in [-0.05, 0) is 45.0 Å². The first kappa shape index (κ1) is 18.4. The number of hydrogen-bond acceptors (Lipinski definition) is 4. The summed E-state index contributed by atoms with van der Waals surface area (Å²) >= 11 is 0. The highest BCUT2D eigenvalue weighted by molar-refractivity contribution is 5.79. The van der Waals surface area contributed by atoms with Gasteiger partial charge in [0.05, 0.1) is 6.54 Å². The number of guanidine groups is 1. The molecule has 0 saturated carbocycles. The van der Waals surface area contributed by atoms with E-state index in [1.165, 1.54) is 0 Å². The average Bonchev–Trinajstić information content (AvgIpc) is 3.03. The minimum absolute atomic E-state index is 0.302. The van der Waals surface area contributed by atoms with Crippen molar-refractivity contribution in [3.8, 4) is 11.5 Å². The largest absolute Gasteiger partial charge is 0.454 e. The molecule has 134 valence electrons. The second-order valence-electron chi connectivity index (χ2n) is 6.03. The first-order valence-corrected chi connectivity index (χ1v) is 8.78. The quantitative estimate of drug-likeness (QED) is 0.564. The van der Waals surface area contributed by atoms with Crippen molar-refractivity contribution in [1.82, 2.24) is 15.5 Å². The molecular weight excluding hydrogens is 304 g/mol. The highest BCUT2D eigenvalue weighted by Crippen LogP contribution is 2.32. The molecule has 1 heterocycles. The van der Waals surface area contributed by atoms with Crippen LogP contribution >= 0.6 is 0 Å². The molecule has 0 aromatic heterocycles. The molecule has 0 atom stereocenters. The van der Waals surface area contributed by atoms with Crippen molar-refractivity contribution in [2.24, 2.45) is 4.99 Å². The van der Waals surface area contributed by atoms with E-state index in [4.69, 9.17) is 9.47 Å². The molecule has 0 aliphatic carbocycles. The third kappa shape index (κ3) is 5.30. The number of aliphatic imine (C=N–C) groups is 1. The van der Waals surface area contributed by atoms with Crippen LogP contribution in [-0.4, -0.2) is 49.9 Å². The van der Waals surface area contributed by atoms with Crippen LogP contribution in [0.3, 0.4) is 0 Å². The Bertz CT molecular complexity index is 546. The van der Waals surface area contributed by atoms with Gasteiger partial charge in [-0.15, -0.1) is 0 Å². The van der Waals surface area contributed by atoms with Crippen molar-refractivity contribution in [3.63, 3.8) is 0 Å². The summed E-state index contributed by atoms with van der Waals surface area (Å²) in [4.78, 5) is 7.08. The number of ether oxygens (including phenoxy) is 2. The maximum atomic E-state index is 5.41. The molecule has 2 rings (SSSR count). The predicted octanol–water partition coefficient (Wildman–Crippen LogP) is 2.20. The first-order valence-electron chi connectivity index (χ1n) is 8.78. The minimum Gasteiger partial charge on any atom is -0.454 e. The van der Waals surface area contributed by atoms with Crippen molar-refractivity contribution in [2.75, 3.05) is 33.0 Å². The topological polar surface area (TPSA) is 58.1 Å². The Hall–Kier alpha value is -1.95. The monoisotopic (exact) mass is 334 g/mol. The maximum Gasteiger partial charge on any atom is 0.231 e. The SMILES string of the molecule is CCNC(=NCc1ccc2c(c1)OCO2)NCCN(CC)C(C)C. The lowest BCUT2D eigenvalue weighted by atomic mass is 10.2. The van der Waals surface area contributed by atoms with Gasteiger partial charge in [-0.2, -0.15) is 0 Å². The van der Waals surface area contributed by atoms with Gasteiger partial charge in [0.1, 0.15) is 0 Å². The van der Waals surface area contributed by atoms with E-state index in [1.807, 2.05) is 18.2 Å². The van der Waals surface area contributed by atoms with E-state index in [0.717, 1.165) is 49.2 Å². The number of benzene rings is 1. The maximum absolute atomic E-state index is 5.41. The van der Waals surface area contributed by atoms with E-state index in [0.29, 0.717) is 19.4 Å². The molecule has 0 saturated heterocycles. The zero-order valence-corrected chi connectivity index (χ0v) is 15.3. The number of nitrogens with zero attached hydrogens (tertiary/aromatic N) is 2. The molecule has 1 aromatic rings. The Balaban J connectivity index is 1.88. The van der Waals surface area contributed by atoms with Gasteiger partial charge in [0.2, 0.25) is 6.79 Å². The molecule has 2 N–H and O–H groups in total. The molecule has 6 nitrogen and oxygen atoms in total. The van der Waals surface area contributed by atoms with Crippen molar-refractivity contribution >= 4 is 5.96 Å². The lowest BCUT2D eigenvalue weighted by Crippen LogP contribution is -2.43. The van der Waals surface area contributed by atoms with Crippen LogP contribution < -0.4 is 20.1 Å². The molecule has 0 unspecified atom stereocenters. The van der Waals surface area contributed by atoms with Crippen LogP contribution in [0, 0.1) is 0 Å². The molecule has 0 bridgehead atoms. The van der Waals surface area contributed by atoms with Crippen molar-refractivity contribution < 1.29 is 9.47 Å². The fourth-order valence-corrected chi connectivity index (χ4v) is 2.65. The minimum atomic E-state index is 0.302. The summed E-state index contributed by atoms with van der Waals surface area (Å²) in [7, 11) is 0. The summed E-state index contributed by atoms with van der Waals surface area (Å²) in [6.07, 6.45) is 0. The fraction of sp³-hybridized carbons (Fsp3) is 0.611. The molecule has 1 aliphatic heterocycles. The van der Waals surface area contributed by atoms with E-state index in [1.54, 1.807) is 0 Å². The van der Waals surface area contributed by atoms with Gasteiger partial charge in [-0.3, -0.25) is 4.90 Å². The van der Waals surface area contributed by atoms with Crippen molar-refractivity contribution in [2.45, 2.75) is 40.3 Å². The van der Waals surface area contributed by atoms with Gasteiger partial charge in [-0.1, -0.05) is 13.0 Å². The van der Waals surface area contributed by atoms with Gasteiger partial charge in [-0.25, -0.2) is 4.99 Å². The van der Waals surface area contributed by atoms with Gasteiger partial charge in [0, 0.05) is 25.7 Å². The number of nitrogens with one attached hydrogen (secondary N) is 2. The Labute approximate surface area is 145 Å². The zero-order valence-electron chi connectivity index (χ0n) is 15.3. The van der Waals surface area contributed by atoms with E-state index in [-0.39, 0.29) is 0 Å². The smallest absolute Gasteiger partial charge is 0.231 e. The predicted molar refractivity (Wildman–Crippen MR) is 97.8 cm³/mol. The van der Waals surface area contributed by atoms with Crippen molar-refractivity contribution in [1.29, 1.82) is 0 Å². The summed E-state index contributed by atoms with van der Waals surface area (Å²) in [5, 5.41) is 6.69. The van der Waals surface area contributed by atoms with Crippen LogP contribution in [0.4, 0.5) is 0 Å². The lowest BCUT2D eigenvalue weighted by Gasteiger charge is -2.25. The second-order valence-corrected chi connectivity index (χ2v) is 6.03. The Morgan fingerprint density at radius 2 is 2.00 bits per heavy atom. The van der Waals surface area contributed by atoms with E-state index in [9.17, 15) is 0 Å². The Morgan fingerprint density at radius 1 is 1.21 bits per heavy atom. The van der Waals surface area contributed by atoms with Crippen LogP contribution in [0.25, 0.3) is 0 Å². The molecule has 0 radical (unpaired) electrons. The molecule has 0 amide bonds. The van der Waals surface area contributed by atoms with Crippen LogP contribution in [0.2, 0.25) is 0 Å². The van der Waals surface area contributed by atoms with Crippen LogP contribution in [0.5, 0.6) is 11.5 Å². The molecule has 1 aliphatic rings. The van der Waals surface area contributed by atoms with Crippen LogP contribution in [0.1, 0.15) is 33.3 Å². The molecule has 1 aromatic carbocycles. The van der Waals surface area contributed by atoms with Crippen molar-refractivity contribution in [3.05, 3.63) is 23.8 Å². The Morgan fingerprint density at radius 3 is 2.71 bits per heavy atom. The zero-order chi connectivity index (χ0) is 17.4. The molecule has 6 heteroatoms.